The number of benzene rings is 1. The minimum absolute atomic E-state index is 0.330. The zero-order valence-corrected chi connectivity index (χ0v) is 12.0. The van der Waals surface area contributed by atoms with Crippen molar-refractivity contribution in [2.45, 2.75) is 19.6 Å². The summed E-state index contributed by atoms with van der Waals surface area (Å²) in [5.41, 5.74) is 7.04. The van der Waals surface area contributed by atoms with Gasteiger partial charge in [0.15, 0.2) is 0 Å². The average Bonchev–Trinajstić information content (AvgIpc) is 2.36. The molecule has 0 unspecified atom stereocenters. The summed E-state index contributed by atoms with van der Waals surface area (Å²) in [7, 11) is 0. The Bertz CT molecular complexity index is 575. The molecule has 0 radical (unpaired) electrons. The van der Waals surface area contributed by atoms with Crippen LogP contribution in [0.25, 0.3) is 0 Å². The van der Waals surface area contributed by atoms with Gasteiger partial charge in [-0.05, 0) is 35.0 Å². The third kappa shape index (κ3) is 3.75. The Hall–Kier alpha value is -1.46. The van der Waals surface area contributed by atoms with E-state index < -0.39 is 0 Å². The molecule has 0 aliphatic rings. The van der Waals surface area contributed by atoms with E-state index in [1.54, 1.807) is 31.5 Å². The molecule has 0 saturated heterocycles. The monoisotopic (exact) mass is 324 g/mol. The van der Waals surface area contributed by atoms with Gasteiger partial charge < -0.3 is 10.5 Å². The molecule has 0 aliphatic heterocycles. The van der Waals surface area contributed by atoms with Crippen molar-refractivity contribution < 1.29 is 9.13 Å². The summed E-state index contributed by atoms with van der Waals surface area (Å²) in [5.74, 6) is 0.127. The average molecular weight is 325 g/mol. The van der Waals surface area contributed by atoms with Gasteiger partial charge in [0, 0.05) is 40.1 Å². The number of aromatic nitrogens is 1. The standard InChI is InChI=1S/C14H14BrFN2O/c1-9(17)13-3-2-12(5-14(13)16)19-8-10-4-11(15)7-18-6-10/h2-7,9H,8,17H2,1H3/t9-/m0/s1. The first-order valence-electron chi connectivity index (χ1n) is 5.83. The number of ether oxygens (including phenoxy) is 1. The maximum Gasteiger partial charge on any atom is 0.131 e. The van der Waals surface area contributed by atoms with Gasteiger partial charge in [-0.2, -0.15) is 0 Å². The molecule has 0 saturated carbocycles. The van der Waals surface area contributed by atoms with Crippen molar-refractivity contribution in [1.29, 1.82) is 0 Å². The highest BCUT2D eigenvalue weighted by molar-refractivity contribution is 9.10. The van der Waals surface area contributed by atoms with Crippen LogP contribution in [-0.2, 0) is 6.61 Å². The van der Waals surface area contributed by atoms with E-state index >= 15 is 0 Å². The SMILES string of the molecule is C[C@H](N)c1ccc(OCc2cncc(Br)c2)cc1F. The number of pyridine rings is 1. The van der Waals surface area contributed by atoms with Crippen LogP contribution in [0.5, 0.6) is 5.75 Å². The van der Waals surface area contributed by atoms with E-state index in [1.807, 2.05) is 6.07 Å². The number of nitrogens with two attached hydrogens (primary N) is 1. The topological polar surface area (TPSA) is 48.1 Å². The van der Waals surface area contributed by atoms with Gasteiger partial charge in [-0.25, -0.2) is 4.39 Å². The molecular formula is C14H14BrFN2O. The molecule has 0 bridgehead atoms. The largest absolute Gasteiger partial charge is 0.489 e. The Kier molecular flexibility index (Phi) is 4.50. The van der Waals surface area contributed by atoms with E-state index in [0.717, 1.165) is 10.0 Å². The smallest absolute Gasteiger partial charge is 0.131 e. The Labute approximate surface area is 119 Å². The van der Waals surface area contributed by atoms with Crippen molar-refractivity contribution in [3.8, 4) is 5.75 Å². The van der Waals surface area contributed by atoms with Crippen molar-refractivity contribution >= 4 is 15.9 Å². The number of rotatable bonds is 4. The van der Waals surface area contributed by atoms with Crippen LogP contribution in [0, 0.1) is 5.82 Å². The van der Waals surface area contributed by atoms with E-state index in [0.29, 0.717) is 17.9 Å². The van der Waals surface area contributed by atoms with Crippen LogP contribution in [0.15, 0.2) is 41.1 Å². The quantitative estimate of drug-likeness (QED) is 0.935. The molecule has 19 heavy (non-hydrogen) atoms. The Morgan fingerprint density at radius 2 is 2.16 bits per heavy atom. The summed E-state index contributed by atoms with van der Waals surface area (Å²) in [6, 6.07) is 6.29. The van der Waals surface area contributed by atoms with E-state index in [-0.39, 0.29) is 11.9 Å². The molecule has 2 rings (SSSR count). The van der Waals surface area contributed by atoms with Gasteiger partial charge in [0.1, 0.15) is 18.2 Å². The fraction of sp³-hybridized carbons (Fsp3) is 0.214. The second kappa shape index (κ2) is 6.12. The zero-order valence-electron chi connectivity index (χ0n) is 10.4. The van der Waals surface area contributed by atoms with E-state index in [9.17, 15) is 4.39 Å². The summed E-state index contributed by atoms with van der Waals surface area (Å²) in [4.78, 5) is 4.03. The molecule has 5 heteroatoms. The van der Waals surface area contributed by atoms with Crippen LogP contribution >= 0.6 is 15.9 Å². The highest BCUT2D eigenvalue weighted by atomic mass is 79.9. The van der Waals surface area contributed by atoms with Crippen molar-refractivity contribution in [3.63, 3.8) is 0 Å². The fourth-order valence-electron chi connectivity index (χ4n) is 1.67. The first-order chi connectivity index (χ1) is 9.06. The van der Waals surface area contributed by atoms with Crippen molar-refractivity contribution in [3.05, 3.63) is 58.1 Å². The maximum absolute atomic E-state index is 13.7. The number of halogens is 2. The Morgan fingerprint density at radius 1 is 1.37 bits per heavy atom. The predicted octanol–water partition coefficient (Wildman–Crippen LogP) is 3.58. The Balaban J connectivity index is 2.06. The molecule has 0 fully saturated rings. The van der Waals surface area contributed by atoms with Gasteiger partial charge in [-0.1, -0.05) is 6.07 Å². The van der Waals surface area contributed by atoms with Gasteiger partial charge in [-0.3, -0.25) is 4.98 Å². The minimum atomic E-state index is -0.347. The molecule has 1 heterocycles. The minimum Gasteiger partial charge on any atom is -0.489 e. The van der Waals surface area contributed by atoms with E-state index in [1.165, 1.54) is 6.07 Å². The van der Waals surface area contributed by atoms with Gasteiger partial charge in [0.2, 0.25) is 0 Å². The van der Waals surface area contributed by atoms with Crippen LogP contribution in [0.1, 0.15) is 24.1 Å². The Morgan fingerprint density at radius 3 is 2.79 bits per heavy atom. The summed E-state index contributed by atoms with van der Waals surface area (Å²) in [6.07, 6.45) is 3.40. The third-order valence-corrected chi connectivity index (χ3v) is 3.06. The van der Waals surface area contributed by atoms with Crippen molar-refractivity contribution in [1.82, 2.24) is 4.98 Å². The molecule has 0 amide bonds. The second-order valence-corrected chi connectivity index (χ2v) is 5.19. The summed E-state index contributed by atoms with van der Waals surface area (Å²) >= 11 is 3.33. The first kappa shape index (κ1) is 14.0. The molecule has 3 nitrogen and oxygen atoms in total. The number of hydrogen-bond donors (Lipinski definition) is 1. The van der Waals surface area contributed by atoms with Crippen molar-refractivity contribution in [2.24, 2.45) is 5.73 Å². The molecule has 100 valence electrons. The molecule has 1 aromatic carbocycles. The van der Waals surface area contributed by atoms with E-state index in [2.05, 4.69) is 20.9 Å². The van der Waals surface area contributed by atoms with Gasteiger partial charge in [0.25, 0.3) is 0 Å². The van der Waals surface area contributed by atoms with Crippen LogP contribution in [0.4, 0.5) is 4.39 Å². The third-order valence-electron chi connectivity index (χ3n) is 2.63. The molecule has 2 N–H and O–H groups in total. The summed E-state index contributed by atoms with van der Waals surface area (Å²) < 4.78 is 20.1. The highest BCUT2D eigenvalue weighted by Gasteiger charge is 2.08. The lowest BCUT2D eigenvalue weighted by Gasteiger charge is -2.10. The zero-order chi connectivity index (χ0) is 13.8. The van der Waals surface area contributed by atoms with Crippen LogP contribution in [0.2, 0.25) is 0 Å². The van der Waals surface area contributed by atoms with E-state index in [4.69, 9.17) is 10.5 Å². The molecule has 0 aliphatic carbocycles. The van der Waals surface area contributed by atoms with Gasteiger partial charge >= 0.3 is 0 Å². The second-order valence-electron chi connectivity index (χ2n) is 4.27. The lowest BCUT2D eigenvalue weighted by Crippen LogP contribution is -2.07. The fourth-order valence-corrected chi connectivity index (χ4v) is 2.08. The van der Waals surface area contributed by atoms with Crippen molar-refractivity contribution in [2.75, 3.05) is 0 Å². The summed E-state index contributed by atoms with van der Waals surface area (Å²) in [6.45, 7) is 2.08. The lowest BCUT2D eigenvalue weighted by atomic mass is 10.1. The highest BCUT2D eigenvalue weighted by Crippen LogP contribution is 2.21. The normalized spacial score (nSPS) is 12.2. The first-order valence-corrected chi connectivity index (χ1v) is 6.63. The molecule has 2 aromatic rings. The molecule has 1 atom stereocenters. The molecule has 0 spiro atoms. The lowest BCUT2D eigenvalue weighted by molar-refractivity contribution is 0.303. The van der Waals surface area contributed by atoms with Crippen LogP contribution in [0.3, 0.4) is 0 Å². The maximum atomic E-state index is 13.7. The molecular weight excluding hydrogens is 311 g/mol. The van der Waals surface area contributed by atoms with Gasteiger partial charge in [0.05, 0.1) is 0 Å². The predicted molar refractivity (Wildman–Crippen MR) is 75.3 cm³/mol. The van der Waals surface area contributed by atoms with Crippen LogP contribution < -0.4 is 10.5 Å². The van der Waals surface area contributed by atoms with Crippen LogP contribution in [-0.4, -0.2) is 4.98 Å². The number of hydrogen-bond acceptors (Lipinski definition) is 3. The summed E-state index contributed by atoms with van der Waals surface area (Å²) in [5, 5.41) is 0. The number of nitrogens with zero attached hydrogens (tertiary/aromatic N) is 1. The van der Waals surface area contributed by atoms with Gasteiger partial charge in [-0.15, -0.1) is 0 Å². The molecule has 1 aromatic heterocycles.